The second-order valence-corrected chi connectivity index (χ2v) is 8.47. The molecule has 3 unspecified atom stereocenters. The van der Waals surface area contributed by atoms with E-state index in [1.165, 1.54) is 0 Å². The average molecular weight is 441 g/mol. The SMILES string of the molecule is CCOC(=O)C1=C(C)NC2=C(C(=O)C(C(=O)OCC)C(C)C2)C1c1ccc(N(C)C)cc1. The van der Waals surface area contributed by atoms with Crippen molar-refractivity contribution in [3.63, 3.8) is 0 Å². The van der Waals surface area contributed by atoms with Gasteiger partial charge in [-0.05, 0) is 50.8 Å². The predicted molar refractivity (Wildman–Crippen MR) is 122 cm³/mol. The molecule has 7 heteroatoms. The van der Waals surface area contributed by atoms with Crippen LogP contribution in [-0.2, 0) is 23.9 Å². The van der Waals surface area contributed by atoms with E-state index in [1.807, 2.05) is 57.1 Å². The van der Waals surface area contributed by atoms with Crippen LogP contribution in [0, 0.1) is 11.8 Å². The van der Waals surface area contributed by atoms with E-state index in [2.05, 4.69) is 5.32 Å². The normalized spacial score (nSPS) is 22.8. The Kier molecular flexibility index (Phi) is 7.06. The van der Waals surface area contributed by atoms with Crippen molar-refractivity contribution in [1.29, 1.82) is 0 Å². The first-order valence-electron chi connectivity index (χ1n) is 11.1. The topological polar surface area (TPSA) is 84.9 Å². The van der Waals surface area contributed by atoms with Crippen LogP contribution >= 0.6 is 0 Å². The summed E-state index contributed by atoms with van der Waals surface area (Å²) in [5.74, 6) is -2.98. The number of allylic oxidation sites excluding steroid dienone is 3. The fourth-order valence-corrected chi connectivity index (χ4v) is 4.56. The van der Waals surface area contributed by atoms with Crippen LogP contribution in [0.15, 0.2) is 46.8 Å². The Morgan fingerprint density at radius 2 is 1.72 bits per heavy atom. The minimum Gasteiger partial charge on any atom is -0.465 e. The zero-order valence-corrected chi connectivity index (χ0v) is 19.7. The molecule has 1 aromatic rings. The molecule has 0 saturated carbocycles. The lowest BCUT2D eigenvalue weighted by Crippen LogP contribution is -2.43. The second kappa shape index (κ2) is 9.59. The van der Waals surface area contributed by atoms with E-state index >= 15 is 0 Å². The standard InChI is InChI=1S/C25H32N2O5/c1-7-31-24(29)19-14(3)13-18-22(23(19)28)21(16-9-11-17(12-10-16)27(5)6)20(15(4)26-18)25(30)32-8-2/h9-12,14,19,21,26H,7-8,13H2,1-6H3. The molecule has 1 N–H and O–H groups in total. The molecule has 1 aromatic carbocycles. The highest BCUT2D eigenvalue weighted by Gasteiger charge is 2.47. The van der Waals surface area contributed by atoms with Gasteiger partial charge in [0.05, 0.1) is 18.8 Å². The number of rotatable bonds is 6. The zero-order chi connectivity index (χ0) is 23.6. The fourth-order valence-electron chi connectivity index (χ4n) is 4.56. The van der Waals surface area contributed by atoms with Gasteiger partial charge in [0.15, 0.2) is 5.78 Å². The van der Waals surface area contributed by atoms with Gasteiger partial charge < -0.3 is 19.7 Å². The molecule has 0 spiro atoms. The minimum atomic E-state index is -0.888. The van der Waals surface area contributed by atoms with E-state index in [4.69, 9.17) is 9.47 Å². The van der Waals surface area contributed by atoms with E-state index in [0.717, 1.165) is 16.9 Å². The van der Waals surface area contributed by atoms with Crippen LogP contribution in [0.25, 0.3) is 0 Å². The van der Waals surface area contributed by atoms with Crippen LogP contribution in [0.5, 0.6) is 0 Å². The van der Waals surface area contributed by atoms with Gasteiger partial charge in [-0.25, -0.2) is 4.79 Å². The molecule has 0 bridgehead atoms. The molecule has 1 aliphatic heterocycles. The summed E-state index contributed by atoms with van der Waals surface area (Å²) in [5, 5.41) is 3.27. The molecule has 0 saturated heterocycles. The maximum Gasteiger partial charge on any atom is 0.336 e. The van der Waals surface area contributed by atoms with E-state index in [9.17, 15) is 14.4 Å². The summed E-state index contributed by atoms with van der Waals surface area (Å²) < 4.78 is 10.6. The Labute approximate surface area is 189 Å². The summed E-state index contributed by atoms with van der Waals surface area (Å²) in [6, 6.07) is 7.75. The van der Waals surface area contributed by atoms with Crippen LogP contribution < -0.4 is 10.2 Å². The molecule has 3 rings (SSSR count). The van der Waals surface area contributed by atoms with E-state index < -0.39 is 23.8 Å². The summed E-state index contributed by atoms with van der Waals surface area (Å²) in [5.41, 5.74) is 4.08. The highest BCUT2D eigenvalue weighted by atomic mass is 16.5. The van der Waals surface area contributed by atoms with Crippen molar-refractivity contribution >= 4 is 23.4 Å². The number of hydrogen-bond acceptors (Lipinski definition) is 7. The number of hydrogen-bond donors (Lipinski definition) is 1. The Hall–Kier alpha value is -3.09. The molecule has 0 amide bonds. The zero-order valence-electron chi connectivity index (χ0n) is 19.7. The summed E-state index contributed by atoms with van der Waals surface area (Å²) in [7, 11) is 3.90. The van der Waals surface area contributed by atoms with Gasteiger partial charge in [0.2, 0.25) is 0 Å². The van der Waals surface area contributed by atoms with Gasteiger partial charge in [-0.2, -0.15) is 0 Å². The molecular formula is C25H32N2O5. The smallest absolute Gasteiger partial charge is 0.336 e. The minimum absolute atomic E-state index is 0.207. The number of carbonyl (C=O) groups is 3. The van der Waals surface area contributed by atoms with Crippen molar-refractivity contribution < 1.29 is 23.9 Å². The Balaban J connectivity index is 2.15. The molecule has 172 valence electrons. The first-order valence-corrected chi connectivity index (χ1v) is 11.1. The number of carbonyl (C=O) groups excluding carboxylic acids is 3. The van der Waals surface area contributed by atoms with Gasteiger partial charge in [0.25, 0.3) is 0 Å². The highest BCUT2D eigenvalue weighted by molar-refractivity contribution is 6.12. The number of nitrogens with zero attached hydrogens (tertiary/aromatic N) is 1. The Bertz CT molecular complexity index is 975. The summed E-state index contributed by atoms with van der Waals surface area (Å²) >= 11 is 0. The molecule has 2 aliphatic rings. The van der Waals surface area contributed by atoms with Crippen molar-refractivity contribution in [3.05, 3.63) is 52.4 Å². The van der Waals surface area contributed by atoms with Crippen molar-refractivity contribution in [2.45, 2.75) is 40.0 Å². The van der Waals surface area contributed by atoms with Crippen LogP contribution in [0.4, 0.5) is 5.69 Å². The molecule has 0 radical (unpaired) electrons. The van der Waals surface area contributed by atoms with Crippen molar-refractivity contribution in [2.24, 2.45) is 11.8 Å². The number of ether oxygens (including phenoxy) is 2. The second-order valence-electron chi connectivity index (χ2n) is 8.47. The molecule has 0 fully saturated rings. The predicted octanol–water partition coefficient (Wildman–Crippen LogP) is 3.32. The van der Waals surface area contributed by atoms with Gasteiger partial charge in [0, 0.05) is 42.7 Å². The monoisotopic (exact) mass is 440 g/mol. The van der Waals surface area contributed by atoms with Gasteiger partial charge in [0.1, 0.15) is 5.92 Å². The first-order chi connectivity index (χ1) is 15.2. The third-order valence-electron chi connectivity index (χ3n) is 6.07. The molecule has 32 heavy (non-hydrogen) atoms. The molecule has 3 atom stereocenters. The lowest BCUT2D eigenvalue weighted by atomic mass is 9.69. The number of ketones is 1. The highest BCUT2D eigenvalue weighted by Crippen LogP contribution is 2.45. The maximum absolute atomic E-state index is 13.7. The number of esters is 2. The van der Waals surface area contributed by atoms with E-state index in [-0.39, 0.29) is 24.9 Å². The molecule has 0 aromatic heterocycles. The summed E-state index contributed by atoms with van der Waals surface area (Å²) in [6.45, 7) is 7.62. The van der Waals surface area contributed by atoms with Gasteiger partial charge in [-0.3, -0.25) is 9.59 Å². The van der Waals surface area contributed by atoms with Crippen LogP contribution in [0.1, 0.15) is 45.6 Å². The number of nitrogens with one attached hydrogen (secondary N) is 1. The number of benzene rings is 1. The lowest BCUT2D eigenvalue weighted by molar-refractivity contribution is -0.153. The maximum atomic E-state index is 13.7. The quantitative estimate of drug-likeness (QED) is 0.537. The van der Waals surface area contributed by atoms with E-state index in [1.54, 1.807) is 13.8 Å². The van der Waals surface area contributed by atoms with Gasteiger partial charge in [-0.1, -0.05) is 19.1 Å². The van der Waals surface area contributed by atoms with E-state index in [0.29, 0.717) is 23.3 Å². The average Bonchev–Trinajstić information content (AvgIpc) is 2.73. The largest absolute Gasteiger partial charge is 0.465 e. The summed E-state index contributed by atoms with van der Waals surface area (Å²) in [4.78, 5) is 41.3. The van der Waals surface area contributed by atoms with Crippen molar-refractivity contribution in [1.82, 2.24) is 5.32 Å². The fraction of sp³-hybridized carbons (Fsp3) is 0.480. The third kappa shape index (κ3) is 4.29. The molecule has 7 nitrogen and oxygen atoms in total. The third-order valence-corrected chi connectivity index (χ3v) is 6.07. The first kappa shape index (κ1) is 23.6. The van der Waals surface area contributed by atoms with Crippen molar-refractivity contribution in [3.8, 4) is 0 Å². The van der Waals surface area contributed by atoms with Crippen molar-refractivity contribution in [2.75, 3.05) is 32.2 Å². The van der Waals surface area contributed by atoms with Crippen LogP contribution in [0.3, 0.4) is 0 Å². The number of dihydropyridines is 1. The Morgan fingerprint density at radius 1 is 1.09 bits per heavy atom. The van der Waals surface area contributed by atoms with Crippen LogP contribution in [-0.4, -0.2) is 45.0 Å². The van der Waals surface area contributed by atoms with Gasteiger partial charge >= 0.3 is 11.9 Å². The Morgan fingerprint density at radius 3 is 2.28 bits per heavy atom. The number of Topliss-reactive ketones (excluding diaryl/α,β-unsaturated/α-hetero) is 1. The summed E-state index contributed by atoms with van der Waals surface area (Å²) in [6.07, 6.45) is 0.518. The molecule has 1 aliphatic carbocycles. The molecule has 1 heterocycles. The van der Waals surface area contributed by atoms with Crippen LogP contribution in [0.2, 0.25) is 0 Å². The van der Waals surface area contributed by atoms with Gasteiger partial charge in [-0.15, -0.1) is 0 Å². The molecular weight excluding hydrogens is 408 g/mol. The number of anilines is 1. The lowest BCUT2D eigenvalue weighted by Gasteiger charge is -2.38.